The first-order valence-corrected chi connectivity index (χ1v) is 10.4. The topological polar surface area (TPSA) is 40.5 Å². The molecule has 0 heterocycles. The molecule has 0 amide bonds. The smallest absolute Gasteiger partial charge is 0.0804 e. The summed E-state index contributed by atoms with van der Waals surface area (Å²) in [5.74, 6) is 3.58. The molecule has 0 aromatic rings. The highest BCUT2D eigenvalue weighted by molar-refractivity contribution is 5.25. The van der Waals surface area contributed by atoms with Crippen LogP contribution in [-0.4, -0.2) is 22.9 Å². The molecule has 2 N–H and O–H groups in total. The minimum absolute atomic E-state index is 0.0687. The summed E-state index contributed by atoms with van der Waals surface area (Å²) < 4.78 is 0. The van der Waals surface area contributed by atoms with Gasteiger partial charge in [0.15, 0.2) is 0 Å². The molecule has 0 bridgehead atoms. The molecule has 24 heavy (non-hydrogen) atoms. The van der Waals surface area contributed by atoms with Crippen LogP contribution in [0.5, 0.6) is 0 Å². The summed E-state index contributed by atoms with van der Waals surface area (Å²) in [5, 5.41) is 19.9. The number of hydrogen-bond donors (Lipinski definition) is 2. The SMILES string of the molecule is C[C@H]1CC[C@@]2(C)C(=CCC3C2CC[C@@]2(C)C3CC[C@@H]2C(O)CO)C1. The third-order valence-electron chi connectivity index (χ3n) is 9.08. The molecule has 3 saturated carbocycles. The lowest BCUT2D eigenvalue weighted by atomic mass is 9.47. The zero-order valence-corrected chi connectivity index (χ0v) is 15.8. The first-order chi connectivity index (χ1) is 11.4. The van der Waals surface area contributed by atoms with E-state index in [9.17, 15) is 10.2 Å². The molecule has 4 rings (SSSR count). The fourth-order valence-corrected chi connectivity index (χ4v) is 7.64. The van der Waals surface area contributed by atoms with E-state index >= 15 is 0 Å². The van der Waals surface area contributed by atoms with E-state index in [0.717, 1.165) is 30.1 Å². The number of hydrogen-bond acceptors (Lipinski definition) is 2. The van der Waals surface area contributed by atoms with Crippen molar-refractivity contribution >= 4 is 0 Å². The molecule has 4 aliphatic rings. The quantitative estimate of drug-likeness (QED) is 0.728. The number of fused-ring (bicyclic) bond motifs is 5. The molecular formula is C22H36O2. The van der Waals surface area contributed by atoms with E-state index in [0.29, 0.717) is 11.3 Å². The molecule has 2 nitrogen and oxygen atoms in total. The largest absolute Gasteiger partial charge is 0.394 e. The van der Waals surface area contributed by atoms with E-state index in [2.05, 4.69) is 26.8 Å². The highest BCUT2D eigenvalue weighted by atomic mass is 16.3. The Labute approximate surface area is 147 Å². The van der Waals surface area contributed by atoms with E-state index in [1.54, 1.807) is 5.57 Å². The van der Waals surface area contributed by atoms with Gasteiger partial charge in [-0.15, -0.1) is 0 Å². The lowest BCUT2D eigenvalue weighted by Gasteiger charge is -2.58. The predicted octanol–water partition coefficient (Wildman–Crippen LogP) is 4.55. The average Bonchev–Trinajstić information content (AvgIpc) is 2.92. The van der Waals surface area contributed by atoms with Crippen molar-refractivity contribution in [2.45, 2.75) is 78.2 Å². The first kappa shape index (κ1) is 17.1. The summed E-state index contributed by atoms with van der Waals surface area (Å²) in [7, 11) is 0. The molecule has 4 unspecified atom stereocenters. The van der Waals surface area contributed by atoms with Crippen LogP contribution in [0.15, 0.2) is 11.6 Å². The molecule has 0 aliphatic heterocycles. The van der Waals surface area contributed by atoms with Crippen LogP contribution in [0.4, 0.5) is 0 Å². The van der Waals surface area contributed by atoms with Gasteiger partial charge in [-0.2, -0.15) is 0 Å². The van der Waals surface area contributed by atoms with Crippen molar-refractivity contribution in [1.82, 2.24) is 0 Å². The highest BCUT2D eigenvalue weighted by Gasteiger charge is 2.59. The van der Waals surface area contributed by atoms with Crippen molar-refractivity contribution < 1.29 is 10.2 Å². The van der Waals surface area contributed by atoms with Crippen molar-refractivity contribution in [3.8, 4) is 0 Å². The molecule has 0 radical (unpaired) electrons. The van der Waals surface area contributed by atoms with Gasteiger partial charge in [0, 0.05) is 0 Å². The monoisotopic (exact) mass is 332 g/mol. The number of rotatable bonds is 2. The van der Waals surface area contributed by atoms with Crippen LogP contribution in [0.25, 0.3) is 0 Å². The Hall–Kier alpha value is -0.340. The van der Waals surface area contributed by atoms with Gasteiger partial charge in [-0.1, -0.05) is 32.4 Å². The lowest BCUT2D eigenvalue weighted by molar-refractivity contribution is -0.0752. The van der Waals surface area contributed by atoms with Crippen LogP contribution < -0.4 is 0 Å². The molecule has 4 aliphatic carbocycles. The van der Waals surface area contributed by atoms with Crippen LogP contribution >= 0.6 is 0 Å². The van der Waals surface area contributed by atoms with E-state index < -0.39 is 6.10 Å². The Kier molecular flexibility index (Phi) is 4.16. The molecule has 2 heteroatoms. The third-order valence-corrected chi connectivity index (χ3v) is 9.08. The van der Waals surface area contributed by atoms with Gasteiger partial charge < -0.3 is 10.2 Å². The van der Waals surface area contributed by atoms with Crippen LogP contribution in [-0.2, 0) is 0 Å². The predicted molar refractivity (Wildman–Crippen MR) is 97.4 cm³/mol. The average molecular weight is 333 g/mol. The van der Waals surface area contributed by atoms with Crippen LogP contribution in [0, 0.1) is 40.4 Å². The summed E-state index contributed by atoms with van der Waals surface area (Å²) >= 11 is 0. The fourth-order valence-electron chi connectivity index (χ4n) is 7.64. The second-order valence-electron chi connectivity index (χ2n) is 10.1. The zero-order valence-electron chi connectivity index (χ0n) is 15.8. The van der Waals surface area contributed by atoms with Crippen molar-refractivity contribution in [1.29, 1.82) is 0 Å². The number of aliphatic hydroxyl groups is 2. The number of aliphatic hydroxyl groups excluding tert-OH is 2. The van der Waals surface area contributed by atoms with E-state index in [4.69, 9.17) is 0 Å². The van der Waals surface area contributed by atoms with Crippen molar-refractivity contribution in [3.63, 3.8) is 0 Å². The summed E-state index contributed by atoms with van der Waals surface area (Å²) in [5.41, 5.74) is 2.47. The molecule has 136 valence electrons. The minimum Gasteiger partial charge on any atom is -0.394 e. The maximum absolute atomic E-state index is 10.4. The van der Waals surface area contributed by atoms with Crippen LogP contribution in [0.3, 0.4) is 0 Å². The molecule has 0 spiro atoms. The molecular weight excluding hydrogens is 296 g/mol. The Morgan fingerprint density at radius 1 is 1.12 bits per heavy atom. The Morgan fingerprint density at radius 2 is 1.92 bits per heavy atom. The summed E-state index contributed by atoms with van der Waals surface area (Å²) in [4.78, 5) is 0. The highest BCUT2D eigenvalue weighted by Crippen LogP contribution is 2.66. The Balaban J connectivity index is 1.63. The second kappa shape index (κ2) is 5.84. The van der Waals surface area contributed by atoms with E-state index in [-0.39, 0.29) is 12.0 Å². The zero-order chi connectivity index (χ0) is 17.1. The van der Waals surface area contributed by atoms with Crippen LogP contribution in [0.2, 0.25) is 0 Å². The van der Waals surface area contributed by atoms with E-state index in [1.807, 2.05) is 0 Å². The van der Waals surface area contributed by atoms with Gasteiger partial charge >= 0.3 is 0 Å². The van der Waals surface area contributed by atoms with Gasteiger partial charge in [-0.05, 0) is 91.8 Å². The standard InChI is InChI=1S/C22H36O2/c1-14-8-10-21(2)15(12-14)4-5-16-17-6-7-19(20(24)13-23)22(17,3)11-9-18(16)21/h4,14,16-20,23-24H,5-13H2,1-3H3/t14-,16?,17?,18?,19+,20?,21-,22-/m0/s1. The van der Waals surface area contributed by atoms with Crippen molar-refractivity contribution in [2.75, 3.05) is 6.61 Å². The molecule has 0 aromatic carbocycles. The third kappa shape index (κ3) is 2.28. The molecule has 8 atom stereocenters. The molecule has 0 aromatic heterocycles. The second-order valence-corrected chi connectivity index (χ2v) is 10.1. The van der Waals surface area contributed by atoms with Gasteiger partial charge in [0.25, 0.3) is 0 Å². The summed E-state index contributed by atoms with van der Waals surface area (Å²) in [6, 6.07) is 0. The van der Waals surface area contributed by atoms with Crippen molar-refractivity contribution in [3.05, 3.63) is 11.6 Å². The van der Waals surface area contributed by atoms with E-state index in [1.165, 1.54) is 44.9 Å². The van der Waals surface area contributed by atoms with Crippen molar-refractivity contribution in [2.24, 2.45) is 40.4 Å². The molecule has 0 saturated heterocycles. The van der Waals surface area contributed by atoms with Gasteiger partial charge in [0.1, 0.15) is 0 Å². The first-order valence-electron chi connectivity index (χ1n) is 10.4. The number of allylic oxidation sites excluding steroid dienone is 2. The fraction of sp³-hybridized carbons (Fsp3) is 0.909. The maximum Gasteiger partial charge on any atom is 0.0804 e. The Morgan fingerprint density at radius 3 is 2.67 bits per heavy atom. The summed E-state index contributed by atoms with van der Waals surface area (Å²) in [6.45, 7) is 7.34. The summed E-state index contributed by atoms with van der Waals surface area (Å²) in [6.07, 6.45) is 12.4. The lowest BCUT2D eigenvalue weighted by Crippen LogP contribution is -2.51. The van der Waals surface area contributed by atoms with Gasteiger partial charge in [0.2, 0.25) is 0 Å². The maximum atomic E-state index is 10.4. The molecule has 3 fully saturated rings. The van der Waals surface area contributed by atoms with Gasteiger partial charge in [0.05, 0.1) is 12.7 Å². The Bertz CT molecular complexity index is 526. The normalized spacial score (nSPS) is 52.0. The minimum atomic E-state index is -0.516. The van der Waals surface area contributed by atoms with Gasteiger partial charge in [-0.25, -0.2) is 0 Å². The van der Waals surface area contributed by atoms with Crippen LogP contribution in [0.1, 0.15) is 72.1 Å². The van der Waals surface area contributed by atoms with Gasteiger partial charge in [-0.3, -0.25) is 0 Å².